The number of rotatable bonds is 7. The maximum atomic E-state index is 11.9. The van der Waals surface area contributed by atoms with E-state index in [9.17, 15) is 18.0 Å². The van der Waals surface area contributed by atoms with Gasteiger partial charge in [-0.1, -0.05) is 12.1 Å². The summed E-state index contributed by atoms with van der Waals surface area (Å²) in [5.41, 5.74) is -3.26. The van der Waals surface area contributed by atoms with Crippen molar-refractivity contribution in [2.45, 2.75) is 18.3 Å². The maximum Gasteiger partial charge on any atom is 0.441 e. The minimum Gasteiger partial charge on any atom is -0.497 e. The van der Waals surface area contributed by atoms with Gasteiger partial charge in [0.2, 0.25) is 5.91 Å². The van der Waals surface area contributed by atoms with Crippen molar-refractivity contribution in [3.05, 3.63) is 29.8 Å². The average Bonchev–Trinajstić information content (AvgIpc) is 2.41. The summed E-state index contributed by atoms with van der Waals surface area (Å²) >= 11 is -0.135. The Hall–Kier alpha value is -1.37. The van der Waals surface area contributed by atoms with E-state index in [1.54, 1.807) is 19.2 Å². The number of ether oxygens (including phenoxy) is 1. The fourth-order valence-electron chi connectivity index (χ4n) is 1.50. The first-order valence-electron chi connectivity index (χ1n) is 6.01. The van der Waals surface area contributed by atoms with Gasteiger partial charge in [0.1, 0.15) is 5.75 Å². The SMILES string of the molecule is COc1ccc(CCC(=O)NCCSC(F)(F)F)cc1. The number of thioether (sulfide) groups is 1. The van der Waals surface area contributed by atoms with E-state index in [0.717, 1.165) is 11.3 Å². The highest BCUT2D eigenvalue weighted by Gasteiger charge is 2.27. The van der Waals surface area contributed by atoms with E-state index in [0.29, 0.717) is 6.42 Å². The molecule has 1 aromatic rings. The van der Waals surface area contributed by atoms with Crippen LogP contribution >= 0.6 is 11.8 Å². The number of benzene rings is 1. The van der Waals surface area contributed by atoms with Crippen LogP contribution in [0.4, 0.5) is 13.2 Å². The van der Waals surface area contributed by atoms with Crippen LogP contribution in [-0.4, -0.2) is 30.8 Å². The zero-order valence-corrected chi connectivity index (χ0v) is 11.8. The summed E-state index contributed by atoms with van der Waals surface area (Å²) in [4.78, 5) is 11.4. The fourth-order valence-corrected chi connectivity index (χ4v) is 1.93. The molecule has 0 aliphatic heterocycles. The number of methoxy groups -OCH3 is 1. The Morgan fingerprint density at radius 1 is 1.30 bits per heavy atom. The lowest BCUT2D eigenvalue weighted by Gasteiger charge is -2.07. The summed E-state index contributed by atoms with van der Waals surface area (Å²) in [5, 5.41) is 2.46. The summed E-state index contributed by atoms with van der Waals surface area (Å²) in [6, 6.07) is 7.30. The first-order valence-corrected chi connectivity index (χ1v) is 6.99. The molecule has 0 spiro atoms. The second-order valence-corrected chi connectivity index (χ2v) is 5.15. The molecule has 1 amide bonds. The van der Waals surface area contributed by atoms with Crippen molar-refractivity contribution >= 4 is 17.7 Å². The largest absolute Gasteiger partial charge is 0.497 e. The lowest BCUT2D eigenvalue weighted by atomic mass is 10.1. The second-order valence-electron chi connectivity index (χ2n) is 3.99. The fraction of sp³-hybridized carbons (Fsp3) is 0.462. The zero-order chi connectivity index (χ0) is 15.0. The Labute approximate surface area is 119 Å². The van der Waals surface area contributed by atoms with Crippen LogP contribution in [-0.2, 0) is 11.2 Å². The molecule has 0 fully saturated rings. The first kappa shape index (κ1) is 16.7. The summed E-state index contributed by atoms with van der Waals surface area (Å²) in [6.45, 7) is 0.0195. The quantitative estimate of drug-likeness (QED) is 0.787. The second kappa shape index (κ2) is 8.04. The normalized spacial score (nSPS) is 11.2. The van der Waals surface area contributed by atoms with Crippen molar-refractivity contribution in [3.63, 3.8) is 0 Å². The third-order valence-corrected chi connectivity index (χ3v) is 3.23. The highest BCUT2D eigenvalue weighted by atomic mass is 32.2. The van der Waals surface area contributed by atoms with Crippen LogP contribution in [0, 0.1) is 0 Å². The third kappa shape index (κ3) is 7.28. The highest BCUT2D eigenvalue weighted by Crippen LogP contribution is 2.29. The number of nitrogens with one attached hydrogen (secondary N) is 1. The van der Waals surface area contributed by atoms with E-state index in [4.69, 9.17) is 4.74 Å². The van der Waals surface area contributed by atoms with Crippen LogP contribution in [0.3, 0.4) is 0 Å². The summed E-state index contributed by atoms with van der Waals surface area (Å²) in [6.07, 6.45) is 0.797. The van der Waals surface area contributed by atoms with Crippen molar-refractivity contribution in [1.29, 1.82) is 0 Å². The molecule has 112 valence electrons. The average molecular weight is 307 g/mol. The van der Waals surface area contributed by atoms with Crippen molar-refractivity contribution < 1.29 is 22.7 Å². The van der Waals surface area contributed by atoms with Crippen molar-refractivity contribution in [3.8, 4) is 5.75 Å². The number of hydrogen-bond donors (Lipinski definition) is 1. The number of carbonyl (C=O) groups is 1. The van der Waals surface area contributed by atoms with Crippen LogP contribution in [0.5, 0.6) is 5.75 Å². The Balaban J connectivity index is 2.19. The predicted octanol–water partition coefficient (Wildman–Crippen LogP) is 3.00. The minimum absolute atomic E-state index is 0.0195. The van der Waals surface area contributed by atoms with E-state index in [-0.39, 0.29) is 36.4 Å². The first-order chi connectivity index (χ1) is 9.40. The van der Waals surface area contributed by atoms with Gasteiger partial charge in [-0.3, -0.25) is 4.79 Å². The number of carbonyl (C=O) groups excluding carboxylic acids is 1. The van der Waals surface area contributed by atoms with Gasteiger partial charge in [0.05, 0.1) is 7.11 Å². The monoisotopic (exact) mass is 307 g/mol. The van der Waals surface area contributed by atoms with Gasteiger partial charge >= 0.3 is 5.51 Å². The van der Waals surface area contributed by atoms with Crippen molar-refractivity contribution in [2.75, 3.05) is 19.4 Å². The lowest BCUT2D eigenvalue weighted by molar-refractivity contribution is -0.120. The van der Waals surface area contributed by atoms with Crippen LogP contribution < -0.4 is 10.1 Å². The number of alkyl halides is 3. The van der Waals surface area contributed by atoms with E-state index in [1.165, 1.54) is 0 Å². The molecule has 1 aromatic carbocycles. The molecule has 20 heavy (non-hydrogen) atoms. The molecule has 1 rings (SSSR count). The van der Waals surface area contributed by atoms with Gasteiger partial charge in [0.15, 0.2) is 0 Å². The van der Waals surface area contributed by atoms with Gasteiger partial charge in [-0.05, 0) is 35.9 Å². The van der Waals surface area contributed by atoms with E-state index >= 15 is 0 Å². The number of halogens is 3. The minimum atomic E-state index is -4.24. The molecule has 0 aliphatic rings. The van der Waals surface area contributed by atoms with Gasteiger partial charge in [-0.2, -0.15) is 13.2 Å². The lowest BCUT2D eigenvalue weighted by Crippen LogP contribution is -2.26. The van der Waals surface area contributed by atoms with Crippen molar-refractivity contribution in [2.24, 2.45) is 0 Å². The number of aryl methyl sites for hydroxylation is 1. The Morgan fingerprint density at radius 3 is 2.50 bits per heavy atom. The molecule has 0 radical (unpaired) electrons. The molecule has 0 aliphatic carbocycles. The molecule has 7 heteroatoms. The molecule has 0 unspecified atom stereocenters. The number of amides is 1. The van der Waals surface area contributed by atoms with Gasteiger partial charge in [-0.15, -0.1) is 0 Å². The van der Waals surface area contributed by atoms with Gasteiger partial charge in [-0.25, -0.2) is 0 Å². The molecule has 0 aromatic heterocycles. The summed E-state index contributed by atoms with van der Waals surface area (Å²) < 4.78 is 40.6. The molecule has 0 atom stereocenters. The topological polar surface area (TPSA) is 38.3 Å². The molecule has 0 saturated heterocycles. The highest BCUT2D eigenvalue weighted by molar-refractivity contribution is 8.00. The molecular weight excluding hydrogens is 291 g/mol. The van der Waals surface area contributed by atoms with Gasteiger partial charge < -0.3 is 10.1 Å². The number of hydrogen-bond acceptors (Lipinski definition) is 3. The van der Waals surface area contributed by atoms with Crippen LogP contribution in [0.15, 0.2) is 24.3 Å². The maximum absolute atomic E-state index is 11.9. The standard InChI is InChI=1S/C13H16F3NO2S/c1-19-11-5-2-10(3-6-11)4-7-12(18)17-8-9-20-13(14,15)16/h2-3,5-6H,4,7-9H2,1H3,(H,17,18). The van der Waals surface area contributed by atoms with E-state index in [2.05, 4.69) is 5.32 Å². The molecule has 3 nitrogen and oxygen atoms in total. The van der Waals surface area contributed by atoms with Gasteiger partial charge in [0.25, 0.3) is 0 Å². The van der Waals surface area contributed by atoms with Crippen molar-refractivity contribution in [1.82, 2.24) is 5.32 Å². The Kier molecular flexibility index (Phi) is 6.70. The smallest absolute Gasteiger partial charge is 0.441 e. The van der Waals surface area contributed by atoms with E-state index in [1.807, 2.05) is 12.1 Å². The molecule has 1 N–H and O–H groups in total. The van der Waals surface area contributed by atoms with Gasteiger partial charge in [0, 0.05) is 18.7 Å². The third-order valence-electron chi connectivity index (χ3n) is 2.49. The molecule has 0 bridgehead atoms. The molecule has 0 heterocycles. The van der Waals surface area contributed by atoms with Crippen LogP contribution in [0.25, 0.3) is 0 Å². The van der Waals surface area contributed by atoms with E-state index < -0.39 is 5.51 Å². The predicted molar refractivity (Wildman–Crippen MR) is 72.8 cm³/mol. The Bertz CT molecular complexity index is 421. The Morgan fingerprint density at radius 2 is 1.95 bits per heavy atom. The van der Waals surface area contributed by atoms with Crippen LogP contribution in [0.2, 0.25) is 0 Å². The molecule has 0 saturated carbocycles. The zero-order valence-electron chi connectivity index (χ0n) is 11.0. The molecular formula is C13H16F3NO2S. The summed E-state index contributed by atoms with van der Waals surface area (Å²) in [7, 11) is 1.57. The van der Waals surface area contributed by atoms with Crippen LogP contribution in [0.1, 0.15) is 12.0 Å². The summed E-state index contributed by atoms with van der Waals surface area (Å²) in [5.74, 6) is 0.323.